The molecular weight excluding hydrogens is 352 g/mol. The van der Waals surface area contributed by atoms with Gasteiger partial charge in [-0.3, -0.25) is 9.79 Å². The Labute approximate surface area is 163 Å². The molecule has 1 aliphatic heterocycles. The summed E-state index contributed by atoms with van der Waals surface area (Å²) in [6, 6.07) is 18.3. The van der Waals surface area contributed by atoms with Crippen LogP contribution >= 0.6 is 11.3 Å². The number of carbonyl (C=O) groups is 1. The Morgan fingerprint density at radius 2 is 1.78 bits per heavy atom. The Hall–Kier alpha value is -2.59. The zero-order valence-corrected chi connectivity index (χ0v) is 16.6. The standard InChI is InChI=1S/C23H22N2OS/c1-15-21(27-22(24-15)16-9-5-4-6-10-16)20(26)13-19-18-12-8-7-11-17(18)14-23(2,3)25-19/h4-12H,13-14H2,1-3H3. The molecule has 136 valence electrons. The third kappa shape index (κ3) is 3.62. The van der Waals surface area contributed by atoms with E-state index in [9.17, 15) is 4.79 Å². The quantitative estimate of drug-likeness (QED) is 0.565. The number of benzene rings is 2. The van der Waals surface area contributed by atoms with Crippen molar-refractivity contribution in [2.45, 2.75) is 39.2 Å². The van der Waals surface area contributed by atoms with Crippen LogP contribution in [-0.4, -0.2) is 22.0 Å². The average Bonchev–Trinajstić information content (AvgIpc) is 3.03. The van der Waals surface area contributed by atoms with E-state index >= 15 is 0 Å². The summed E-state index contributed by atoms with van der Waals surface area (Å²) in [5, 5.41) is 0.891. The van der Waals surface area contributed by atoms with E-state index in [2.05, 4.69) is 37.0 Å². The number of ketones is 1. The minimum atomic E-state index is -0.179. The number of rotatable bonds is 4. The summed E-state index contributed by atoms with van der Waals surface area (Å²) in [6.07, 6.45) is 1.22. The second kappa shape index (κ2) is 6.86. The fraction of sp³-hybridized carbons (Fsp3) is 0.261. The van der Waals surface area contributed by atoms with Crippen molar-refractivity contribution < 1.29 is 4.79 Å². The zero-order valence-electron chi connectivity index (χ0n) is 15.8. The molecule has 0 N–H and O–H groups in total. The lowest BCUT2D eigenvalue weighted by Gasteiger charge is -2.28. The van der Waals surface area contributed by atoms with Crippen molar-refractivity contribution in [2.75, 3.05) is 0 Å². The molecule has 0 unspecified atom stereocenters. The van der Waals surface area contributed by atoms with Gasteiger partial charge in [0.25, 0.3) is 0 Å². The Kier molecular flexibility index (Phi) is 4.52. The van der Waals surface area contributed by atoms with Crippen LogP contribution in [0.2, 0.25) is 0 Å². The van der Waals surface area contributed by atoms with Gasteiger partial charge in [0.05, 0.1) is 28.2 Å². The third-order valence-electron chi connectivity index (χ3n) is 4.79. The van der Waals surface area contributed by atoms with Gasteiger partial charge in [0.1, 0.15) is 5.01 Å². The molecule has 0 fully saturated rings. The molecule has 0 radical (unpaired) electrons. The first-order valence-corrected chi connectivity index (χ1v) is 9.98. The van der Waals surface area contributed by atoms with Crippen LogP contribution in [0.5, 0.6) is 0 Å². The molecule has 3 aromatic rings. The van der Waals surface area contributed by atoms with Crippen LogP contribution in [0.15, 0.2) is 59.6 Å². The highest BCUT2D eigenvalue weighted by atomic mass is 32.1. The first kappa shape index (κ1) is 17.8. The molecule has 0 saturated carbocycles. The number of hydrogen-bond donors (Lipinski definition) is 0. The summed E-state index contributed by atoms with van der Waals surface area (Å²) >= 11 is 1.47. The van der Waals surface area contributed by atoms with Crippen molar-refractivity contribution in [2.24, 2.45) is 4.99 Å². The lowest BCUT2D eigenvalue weighted by atomic mass is 9.85. The van der Waals surface area contributed by atoms with Crippen LogP contribution in [0.1, 0.15) is 46.8 Å². The molecule has 0 aliphatic carbocycles. The van der Waals surface area contributed by atoms with E-state index in [0.29, 0.717) is 6.42 Å². The van der Waals surface area contributed by atoms with Gasteiger partial charge in [-0.1, -0.05) is 54.6 Å². The molecule has 1 aliphatic rings. The van der Waals surface area contributed by atoms with Gasteiger partial charge in [-0.15, -0.1) is 11.3 Å². The van der Waals surface area contributed by atoms with Gasteiger partial charge in [-0.2, -0.15) is 0 Å². The molecule has 0 bridgehead atoms. The molecule has 4 heteroatoms. The number of nitrogens with zero attached hydrogens (tertiary/aromatic N) is 2. The molecule has 2 heterocycles. The molecular formula is C23H22N2OS. The van der Waals surface area contributed by atoms with Crippen molar-refractivity contribution in [3.05, 3.63) is 76.3 Å². The van der Waals surface area contributed by atoms with Gasteiger partial charge in [0, 0.05) is 5.56 Å². The number of thiazole rings is 1. The van der Waals surface area contributed by atoms with E-state index in [1.54, 1.807) is 0 Å². The number of hydrogen-bond acceptors (Lipinski definition) is 4. The normalized spacial score (nSPS) is 15.1. The number of Topliss-reactive ketones (excluding diaryl/α,β-unsaturated/α-hetero) is 1. The Bertz CT molecular complexity index is 1030. The van der Waals surface area contributed by atoms with E-state index in [4.69, 9.17) is 4.99 Å². The lowest BCUT2D eigenvalue weighted by Crippen LogP contribution is -2.29. The van der Waals surface area contributed by atoms with Crippen molar-refractivity contribution in [3.63, 3.8) is 0 Å². The molecule has 1 aromatic heterocycles. The maximum absolute atomic E-state index is 13.1. The predicted molar refractivity (Wildman–Crippen MR) is 112 cm³/mol. The van der Waals surface area contributed by atoms with Gasteiger partial charge in [-0.25, -0.2) is 4.98 Å². The highest BCUT2D eigenvalue weighted by Gasteiger charge is 2.28. The van der Waals surface area contributed by atoms with Gasteiger partial charge in [0.2, 0.25) is 0 Å². The van der Waals surface area contributed by atoms with Crippen LogP contribution < -0.4 is 0 Å². The minimum absolute atomic E-state index is 0.0958. The minimum Gasteiger partial charge on any atom is -0.293 e. The van der Waals surface area contributed by atoms with Crippen molar-refractivity contribution in [1.82, 2.24) is 4.98 Å². The van der Waals surface area contributed by atoms with Crippen LogP contribution in [0.25, 0.3) is 10.6 Å². The van der Waals surface area contributed by atoms with Crippen LogP contribution in [-0.2, 0) is 6.42 Å². The van der Waals surface area contributed by atoms with Crippen molar-refractivity contribution >= 4 is 22.8 Å². The lowest BCUT2D eigenvalue weighted by molar-refractivity contribution is 0.100. The number of aromatic nitrogens is 1. The fourth-order valence-electron chi connectivity index (χ4n) is 3.61. The summed E-state index contributed by atoms with van der Waals surface area (Å²) in [4.78, 5) is 23.3. The molecule has 0 amide bonds. The van der Waals surface area contributed by atoms with Crippen molar-refractivity contribution in [3.8, 4) is 10.6 Å². The molecule has 2 aromatic carbocycles. The summed E-state index contributed by atoms with van der Waals surface area (Å²) in [5.74, 6) is 0.0958. The molecule has 4 rings (SSSR count). The summed E-state index contributed by atoms with van der Waals surface area (Å²) < 4.78 is 0. The maximum atomic E-state index is 13.1. The second-order valence-corrected chi connectivity index (χ2v) is 8.60. The average molecular weight is 375 g/mol. The van der Waals surface area contributed by atoms with E-state index in [1.807, 2.05) is 43.3 Å². The Balaban J connectivity index is 1.65. The number of aliphatic imine (C=N–C) groups is 1. The van der Waals surface area contributed by atoms with E-state index in [-0.39, 0.29) is 11.3 Å². The Morgan fingerprint density at radius 1 is 1.07 bits per heavy atom. The van der Waals surface area contributed by atoms with Crippen LogP contribution in [0.4, 0.5) is 0 Å². The first-order valence-electron chi connectivity index (χ1n) is 9.16. The number of carbonyl (C=O) groups excluding carboxylic acids is 1. The van der Waals surface area contributed by atoms with Crippen molar-refractivity contribution in [1.29, 1.82) is 0 Å². The van der Waals surface area contributed by atoms with Gasteiger partial charge >= 0.3 is 0 Å². The first-order chi connectivity index (χ1) is 12.9. The van der Waals surface area contributed by atoms with Gasteiger partial charge < -0.3 is 0 Å². The molecule has 3 nitrogen and oxygen atoms in total. The number of aryl methyl sites for hydroxylation is 1. The van der Waals surface area contributed by atoms with E-state index in [1.165, 1.54) is 16.9 Å². The van der Waals surface area contributed by atoms with Crippen LogP contribution in [0, 0.1) is 6.92 Å². The summed E-state index contributed by atoms with van der Waals surface area (Å²) in [6.45, 7) is 6.16. The summed E-state index contributed by atoms with van der Waals surface area (Å²) in [5.41, 5.74) is 4.93. The monoisotopic (exact) mass is 374 g/mol. The fourth-order valence-corrected chi connectivity index (χ4v) is 4.62. The van der Waals surface area contributed by atoms with Crippen LogP contribution in [0.3, 0.4) is 0 Å². The maximum Gasteiger partial charge on any atom is 0.180 e. The summed E-state index contributed by atoms with van der Waals surface area (Å²) in [7, 11) is 0. The molecule has 0 atom stereocenters. The topological polar surface area (TPSA) is 42.3 Å². The highest BCUT2D eigenvalue weighted by molar-refractivity contribution is 7.17. The second-order valence-electron chi connectivity index (χ2n) is 7.60. The van der Waals surface area contributed by atoms with Gasteiger partial charge in [0.15, 0.2) is 5.78 Å². The molecule has 0 saturated heterocycles. The molecule has 0 spiro atoms. The third-order valence-corrected chi connectivity index (χ3v) is 6.04. The van der Waals surface area contributed by atoms with Gasteiger partial charge in [-0.05, 0) is 38.3 Å². The highest BCUT2D eigenvalue weighted by Crippen LogP contribution is 2.31. The van der Waals surface area contributed by atoms with E-state index in [0.717, 1.165) is 38.8 Å². The Morgan fingerprint density at radius 3 is 2.56 bits per heavy atom. The number of fused-ring (bicyclic) bond motifs is 1. The smallest absolute Gasteiger partial charge is 0.180 e. The van der Waals surface area contributed by atoms with E-state index < -0.39 is 0 Å². The zero-order chi connectivity index (χ0) is 19.0. The largest absolute Gasteiger partial charge is 0.293 e. The molecule has 27 heavy (non-hydrogen) atoms. The predicted octanol–water partition coefficient (Wildman–Crippen LogP) is 5.52. The SMILES string of the molecule is Cc1nc(-c2ccccc2)sc1C(=O)CC1=NC(C)(C)Cc2ccccc21.